The van der Waals surface area contributed by atoms with Crippen molar-refractivity contribution >= 4 is 39.5 Å². The number of carbonyl (C=O) groups excluding carboxylic acids is 4. The number of aliphatic hydroxyl groups is 1. The van der Waals surface area contributed by atoms with Gasteiger partial charge in [-0.2, -0.15) is 0 Å². The number of phosphoric acid groups is 2. The minimum atomic E-state index is -4.97. The highest BCUT2D eigenvalue weighted by Gasteiger charge is 2.30. The SMILES string of the molecule is CCCCCC/C=C\C=C/CCCCCCCC(=O)O[C@H](COC(=O)CCCCCCCCCCCCCC)COP(=O)(O)OC[C@H](O)COP(=O)(O)OC[C@@H](COC(=O)CCCCCCCCCCCCCCCCCCCC)OC(=O)CCCCCCCCCCCCCCCCCCCCC(C)CC. The summed E-state index contributed by atoms with van der Waals surface area (Å²) < 4.78 is 68.9. The number of unbranched alkanes of at least 4 members (excludes halogenated alkanes) is 54. The van der Waals surface area contributed by atoms with E-state index in [1.165, 1.54) is 263 Å². The van der Waals surface area contributed by atoms with Crippen LogP contribution in [-0.2, 0) is 65.4 Å². The Morgan fingerprint density at radius 2 is 0.523 bits per heavy atom. The van der Waals surface area contributed by atoms with Gasteiger partial charge in [0.2, 0.25) is 0 Å². The monoisotopic (exact) mass is 1560 g/mol. The van der Waals surface area contributed by atoms with E-state index in [1.807, 2.05) is 0 Å². The van der Waals surface area contributed by atoms with Crippen LogP contribution in [0.3, 0.4) is 0 Å². The van der Waals surface area contributed by atoms with Crippen LogP contribution < -0.4 is 0 Å². The molecule has 0 aliphatic rings. The molecule has 0 aliphatic heterocycles. The molecule has 0 aromatic carbocycles. The summed E-state index contributed by atoms with van der Waals surface area (Å²) >= 11 is 0. The molecule has 17 nitrogen and oxygen atoms in total. The summed E-state index contributed by atoms with van der Waals surface area (Å²) in [5.41, 5.74) is 0. The number of ether oxygens (including phenoxy) is 4. The molecule has 0 amide bonds. The molecule has 0 radical (unpaired) electrons. The smallest absolute Gasteiger partial charge is 0.462 e. The van der Waals surface area contributed by atoms with Gasteiger partial charge in [0, 0.05) is 25.7 Å². The molecule has 6 atom stereocenters. The highest BCUT2D eigenvalue weighted by Crippen LogP contribution is 2.45. The van der Waals surface area contributed by atoms with Gasteiger partial charge in [0.25, 0.3) is 0 Å². The number of phosphoric ester groups is 2. The Hall–Kier alpha value is -2.46. The fourth-order valence-corrected chi connectivity index (χ4v) is 14.8. The largest absolute Gasteiger partial charge is 0.472 e. The first-order chi connectivity index (χ1) is 52.1. The second kappa shape index (κ2) is 80.2. The normalized spacial score (nSPS) is 14.1. The zero-order chi connectivity index (χ0) is 78.3. The van der Waals surface area contributed by atoms with Crippen LogP contribution in [0.2, 0.25) is 0 Å². The van der Waals surface area contributed by atoms with E-state index in [2.05, 4.69) is 58.9 Å². The van der Waals surface area contributed by atoms with Crippen LogP contribution in [0.4, 0.5) is 0 Å². The molecular weight excluding hydrogens is 1390 g/mol. The van der Waals surface area contributed by atoms with Gasteiger partial charge >= 0.3 is 39.5 Å². The van der Waals surface area contributed by atoms with E-state index in [0.29, 0.717) is 25.7 Å². The lowest BCUT2D eigenvalue weighted by Crippen LogP contribution is -2.30. The average Bonchev–Trinajstić information content (AvgIpc) is 0.901. The number of rotatable bonds is 86. The first kappa shape index (κ1) is 105. The van der Waals surface area contributed by atoms with Crippen molar-refractivity contribution in [1.82, 2.24) is 0 Å². The van der Waals surface area contributed by atoms with Gasteiger partial charge in [0.1, 0.15) is 19.3 Å². The maximum absolute atomic E-state index is 13.2. The summed E-state index contributed by atoms with van der Waals surface area (Å²) in [5, 5.41) is 10.7. The minimum Gasteiger partial charge on any atom is -0.462 e. The van der Waals surface area contributed by atoms with Gasteiger partial charge in [0.15, 0.2) is 12.2 Å². The second-order valence-electron chi connectivity index (χ2n) is 31.2. The van der Waals surface area contributed by atoms with E-state index in [-0.39, 0.29) is 25.7 Å². The predicted molar refractivity (Wildman–Crippen MR) is 441 cm³/mol. The van der Waals surface area contributed by atoms with Crippen molar-refractivity contribution < 1.29 is 80.2 Å². The van der Waals surface area contributed by atoms with Crippen LogP contribution in [0.15, 0.2) is 24.3 Å². The summed E-state index contributed by atoms with van der Waals surface area (Å²) in [6.45, 7) is 7.38. The molecule has 3 N–H and O–H groups in total. The quantitative estimate of drug-likeness (QED) is 0.0169. The summed E-state index contributed by atoms with van der Waals surface area (Å²) in [4.78, 5) is 73.3. The summed E-state index contributed by atoms with van der Waals surface area (Å²) in [6, 6.07) is 0. The molecule has 0 saturated heterocycles. The van der Waals surface area contributed by atoms with E-state index < -0.39 is 97.5 Å². The second-order valence-corrected chi connectivity index (χ2v) is 34.1. The predicted octanol–water partition coefficient (Wildman–Crippen LogP) is 26.7. The summed E-state index contributed by atoms with van der Waals surface area (Å²) in [7, 11) is -9.94. The molecule has 0 saturated carbocycles. The Labute approximate surface area is 656 Å². The van der Waals surface area contributed by atoms with Gasteiger partial charge in [-0.3, -0.25) is 37.3 Å². The number of esters is 4. The summed E-state index contributed by atoms with van der Waals surface area (Å²) in [5.74, 6) is -1.26. The van der Waals surface area contributed by atoms with Crippen molar-refractivity contribution in [2.75, 3.05) is 39.6 Å². The molecule has 0 spiro atoms. The van der Waals surface area contributed by atoms with Crippen molar-refractivity contribution in [3.8, 4) is 0 Å². The third-order valence-electron chi connectivity index (χ3n) is 20.5. The Bertz CT molecular complexity index is 2130. The van der Waals surface area contributed by atoms with Crippen molar-refractivity contribution in [2.45, 2.75) is 470 Å². The van der Waals surface area contributed by atoms with E-state index in [0.717, 1.165) is 109 Å². The topological polar surface area (TPSA) is 237 Å². The number of carbonyl (C=O) groups is 4. The van der Waals surface area contributed by atoms with Gasteiger partial charge in [-0.05, 0) is 57.3 Å². The molecule has 3 unspecified atom stereocenters. The van der Waals surface area contributed by atoms with E-state index in [4.69, 9.17) is 37.0 Å². The van der Waals surface area contributed by atoms with Crippen molar-refractivity contribution in [2.24, 2.45) is 5.92 Å². The lowest BCUT2D eigenvalue weighted by atomic mass is 9.99. The van der Waals surface area contributed by atoms with Crippen molar-refractivity contribution in [3.05, 3.63) is 24.3 Å². The Morgan fingerprint density at radius 1 is 0.299 bits per heavy atom. The third-order valence-corrected chi connectivity index (χ3v) is 22.4. The van der Waals surface area contributed by atoms with Crippen LogP contribution in [0, 0.1) is 5.92 Å². The van der Waals surface area contributed by atoms with Gasteiger partial charge in [-0.1, -0.05) is 399 Å². The average molecular weight is 1560 g/mol. The number of hydrogen-bond donors (Lipinski definition) is 3. The van der Waals surface area contributed by atoms with Gasteiger partial charge < -0.3 is 33.8 Å². The van der Waals surface area contributed by atoms with Crippen molar-refractivity contribution in [1.29, 1.82) is 0 Å². The fourth-order valence-electron chi connectivity index (χ4n) is 13.3. The van der Waals surface area contributed by atoms with E-state index in [1.54, 1.807) is 0 Å². The molecule has 0 rings (SSSR count). The maximum Gasteiger partial charge on any atom is 0.472 e. The fraction of sp³-hybridized carbons (Fsp3) is 0.909. The van der Waals surface area contributed by atoms with E-state index in [9.17, 15) is 43.2 Å². The van der Waals surface area contributed by atoms with Gasteiger partial charge in [-0.15, -0.1) is 0 Å². The van der Waals surface area contributed by atoms with Crippen LogP contribution in [0.5, 0.6) is 0 Å². The minimum absolute atomic E-state index is 0.0859. The standard InChI is InChI=1S/C88H168O17P2/c1-6-10-13-16-19-22-25-28-30-31-35-39-42-47-52-57-62-67-72-86(91)99-78-84(105-88(93)74-69-64-59-54-49-44-40-36-33-32-34-38-41-45-50-55-60-65-70-81(5)9-4)80-103-107(96,97)101-76-82(89)75-100-106(94,95)102-79-83(77-98-85(90)71-66-61-56-51-46-27-24-21-18-15-12-8-3)104-87(92)73-68-63-58-53-48-43-37-29-26-23-20-17-14-11-7-2/h23,26,29,37,81-84,89H,6-22,24-25,27-28,30-36,38-80H2,1-5H3,(H,94,95)(H,96,97)/b26-23-,37-29-/t81?,82-,83+,84+/m0/s1. The molecule has 632 valence electrons. The lowest BCUT2D eigenvalue weighted by molar-refractivity contribution is -0.161. The van der Waals surface area contributed by atoms with Gasteiger partial charge in [-0.25, -0.2) is 9.13 Å². The molecule has 0 aromatic rings. The zero-order valence-electron chi connectivity index (χ0n) is 69.8. The Kier molecular flexibility index (Phi) is 78.3. The Balaban J connectivity index is 5.27. The number of aliphatic hydroxyl groups excluding tert-OH is 1. The molecule has 107 heavy (non-hydrogen) atoms. The van der Waals surface area contributed by atoms with Crippen LogP contribution >= 0.6 is 15.6 Å². The number of hydrogen-bond acceptors (Lipinski definition) is 15. The molecule has 0 heterocycles. The molecule has 0 aromatic heterocycles. The molecule has 19 heteroatoms. The number of allylic oxidation sites excluding steroid dienone is 4. The first-order valence-electron chi connectivity index (χ1n) is 45.0. The maximum atomic E-state index is 13.2. The van der Waals surface area contributed by atoms with Gasteiger partial charge in [0.05, 0.1) is 26.4 Å². The Morgan fingerprint density at radius 3 is 0.794 bits per heavy atom. The third kappa shape index (κ3) is 80.0. The van der Waals surface area contributed by atoms with Crippen LogP contribution in [0.25, 0.3) is 0 Å². The zero-order valence-corrected chi connectivity index (χ0v) is 71.6. The van der Waals surface area contributed by atoms with Crippen LogP contribution in [-0.4, -0.2) is 96.7 Å². The molecule has 0 bridgehead atoms. The van der Waals surface area contributed by atoms with E-state index >= 15 is 0 Å². The van der Waals surface area contributed by atoms with Crippen LogP contribution in [0.1, 0.15) is 452 Å². The molecular formula is C88H168O17P2. The first-order valence-corrected chi connectivity index (χ1v) is 48.0. The highest BCUT2D eigenvalue weighted by molar-refractivity contribution is 7.47. The molecule has 0 aliphatic carbocycles. The summed E-state index contributed by atoms with van der Waals surface area (Å²) in [6.07, 6.45) is 77.1. The van der Waals surface area contributed by atoms with Crippen molar-refractivity contribution in [3.63, 3.8) is 0 Å². The lowest BCUT2D eigenvalue weighted by Gasteiger charge is -2.21. The highest BCUT2D eigenvalue weighted by atomic mass is 31.2. The molecule has 0 fully saturated rings.